The van der Waals surface area contributed by atoms with Gasteiger partial charge in [0.1, 0.15) is 0 Å². The van der Waals surface area contributed by atoms with Gasteiger partial charge in [-0.05, 0) is 19.1 Å². The molecule has 3 aromatic rings. The minimum atomic E-state index is -0.366. The van der Waals surface area contributed by atoms with E-state index in [1.165, 1.54) is 13.3 Å². The molecular formula is C14H13N5O3. The zero-order valence-corrected chi connectivity index (χ0v) is 11.9. The third kappa shape index (κ3) is 2.53. The number of pyridine rings is 2. The lowest BCUT2D eigenvalue weighted by molar-refractivity contribution is 0.102. The molecule has 0 bridgehead atoms. The Hall–Kier alpha value is -3.16. The van der Waals surface area contributed by atoms with Gasteiger partial charge in [-0.25, -0.2) is 14.8 Å². The number of carbonyl (C=O) groups is 1. The third-order valence-electron chi connectivity index (χ3n) is 3.15. The maximum atomic E-state index is 12.3. The van der Waals surface area contributed by atoms with Crippen LogP contribution in [0.5, 0.6) is 5.88 Å². The topological polar surface area (TPSA) is 113 Å². The second-order valence-corrected chi connectivity index (χ2v) is 4.64. The Bertz CT molecular complexity index is 912. The number of amides is 1. The number of rotatable bonds is 3. The molecule has 3 rings (SSSR count). The van der Waals surface area contributed by atoms with Crippen LogP contribution >= 0.6 is 0 Å². The molecule has 1 amide bonds. The average molecular weight is 299 g/mol. The number of nitrogens with zero attached hydrogens (tertiary/aromatic N) is 2. The highest BCUT2D eigenvalue weighted by molar-refractivity contribution is 6.05. The first kappa shape index (κ1) is 13.8. The second-order valence-electron chi connectivity index (χ2n) is 4.64. The monoisotopic (exact) mass is 299 g/mol. The number of methoxy groups -OCH3 is 1. The Morgan fingerprint density at radius 3 is 2.86 bits per heavy atom. The molecular weight excluding hydrogens is 286 g/mol. The highest BCUT2D eigenvalue weighted by Crippen LogP contribution is 2.18. The van der Waals surface area contributed by atoms with Crippen LogP contribution in [-0.2, 0) is 0 Å². The number of aromatic nitrogens is 4. The van der Waals surface area contributed by atoms with Gasteiger partial charge in [0.2, 0.25) is 5.88 Å². The van der Waals surface area contributed by atoms with Gasteiger partial charge >= 0.3 is 5.69 Å². The van der Waals surface area contributed by atoms with E-state index >= 15 is 0 Å². The molecule has 0 radical (unpaired) electrons. The molecule has 112 valence electrons. The van der Waals surface area contributed by atoms with Crippen LogP contribution in [0, 0.1) is 6.92 Å². The number of hydrogen-bond donors (Lipinski definition) is 3. The number of aromatic amines is 2. The number of fused-ring (bicyclic) bond motifs is 1. The standard InChI is InChI=1S/C14H13N5O3/c1-7-9(3-4-11(16-7)22-2)17-13(20)8-5-10-12(15-6-8)19-14(21)18-10/h3-6H,1-2H3,(H,17,20)(H2,15,18,19,21). The van der Waals surface area contributed by atoms with Gasteiger partial charge < -0.3 is 15.0 Å². The summed E-state index contributed by atoms with van der Waals surface area (Å²) in [6.45, 7) is 1.77. The fourth-order valence-electron chi connectivity index (χ4n) is 2.02. The molecule has 3 heterocycles. The number of nitrogens with one attached hydrogen (secondary N) is 3. The van der Waals surface area contributed by atoms with Crippen molar-refractivity contribution >= 4 is 22.8 Å². The number of aryl methyl sites for hydroxylation is 1. The number of ether oxygens (including phenoxy) is 1. The van der Waals surface area contributed by atoms with Crippen LogP contribution in [-0.4, -0.2) is 33.0 Å². The van der Waals surface area contributed by atoms with E-state index in [1.54, 1.807) is 25.1 Å². The molecule has 0 aromatic carbocycles. The quantitative estimate of drug-likeness (QED) is 0.673. The van der Waals surface area contributed by atoms with E-state index in [0.29, 0.717) is 34.0 Å². The molecule has 8 nitrogen and oxygen atoms in total. The molecule has 3 N–H and O–H groups in total. The SMILES string of the molecule is COc1ccc(NC(=O)c2cnc3[nH]c(=O)[nH]c3c2)c(C)n1. The maximum Gasteiger partial charge on any atom is 0.325 e. The Labute approximate surface area is 124 Å². The first-order valence-corrected chi connectivity index (χ1v) is 6.48. The molecule has 0 aliphatic rings. The van der Waals surface area contributed by atoms with E-state index < -0.39 is 0 Å². The summed E-state index contributed by atoms with van der Waals surface area (Å²) >= 11 is 0. The van der Waals surface area contributed by atoms with Gasteiger partial charge in [-0.1, -0.05) is 0 Å². The largest absolute Gasteiger partial charge is 0.481 e. The first-order chi connectivity index (χ1) is 10.6. The number of anilines is 1. The Morgan fingerprint density at radius 2 is 2.14 bits per heavy atom. The predicted molar refractivity (Wildman–Crippen MR) is 80.2 cm³/mol. The van der Waals surface area contributed by atoms with Crippen LogP contribution in [0.4, 0.5) is 5.69 Å². The summed E-state index contributed by atoms with van der Waals surface area (Å²) in [6, 6.07) is 4.93. The molecule has 0 fully saturated rings. The van der Waals surface area contributed by atoms with E-state index in [2.05, 4.69) is 25.3 Å². The minimum absolute atomic E-state index is 0.331. The second kappa shape index (κ2) is 5.32. The van der Waals surface area contributed by atoms with Gasteiger partial charge in [-0.2, -0.15) is 0 Å². The van der Waals surface area contributed by atoms with Crippen molar-refractivity contribution in [1.29, 1.82) is 0 Å². The minimum Gasteiger partial charge on any atom is -0.481 e. The van der Waals surface area contributed by atoms with Crippen molar-refractivity contribution in [3.63, 3.8) is 0 Å². The van der Waals surface area contributed by atoms with Crippen molar-refractivity contribution < 1.29 is 9.53 Å². The summed E-state index contributed by atoms with van der Waals surface area (Å²) in [7, 11) is 1.53. The van der Waals surface area contributed by atoms with Crippen molar-refractivity contribution in [2.45, 2.75) is 6.92 Å². The number of H-pyrrole nitrogens is 2. The van der Waals surface area contributed by atoms with E-state index in [4.69, 9.17) is 4.74 Å². The molecule has 0 unspecified atom stereocenters. The van der Waals surface area contributed by atoms with Gasteiger partial charge in [0.05, 0.1) is 29.6 Å². The molecule has 0 spiro atoms. The fourth-order valence-corrected chi connectivity index (χ4v) is 2.02. The van der Waals surface area contributed by atoms with E-state index in [0.717, 1.165) is 0 Å². The third-order valence-corrected chi connectivity index (χ3v) is 3.15. The molecule has 0 aliphatic carbocycles. The zero-order chi connectivity index (χ0) is 15.7. The number of carbonyl (C=O) groups excluding carboxylic acids is 1. The summed E-state index contributed by atoms with van der Waals surface area (Å²) < 4.78 is 5.02. The molecule has 8 heteroatoms. The highest BCUT2D eigenvalue weighted by Gasteiger charge is 2.11. The molecule has 3 aromatic heterocycles. The van der Waals surface area contributed by atoms with Crippen LogP contribution in [0.25, 0.3) is 11.2 Å². The molecule has 22 heavy (non-hydrogen) atoms. The van der Waals surface area contributed by atoms with E-state index in [-0.39, 0.29) is 11.6 Å². The molecule has 0 saturated heterocycles. The number of hydrogen-bond acceptors (Lipinski definition) is 5. The predicted octanol–water partition coefficient (Wildman–Crippen LogP) is 1.22. The van der Waals surface area contributed by atoms with Gasteiger partial charge in [-0.15, -0.1) is 0 Å². The van der Waals surface area contributed by atoms with Crippen molar-refractivity contribution in [3.8, 4) is 5.88 Å². The summed E-state index contributed by atoms with van der Waals surface area (Å²) in [5, 5.41) is 2.75. The summed E-state index contributed by atoms with van der Waals surface area (Å²) in [5.74, 6) is 0.134. The van der Waals surface area contributed by atoms with Crippen LogP contribution < -0.4 is 15.7 Å². The first-order valence-electron chi connectivity index (χ1n) is 6.48. The molecule has 0 atom stereocenters. The van der Waals surface area contributed by atoms with Crippen LogP contribution in [0.3, 0.4) is 0 Å². The van der Waals surface area contributed by atoms with E-state index in [1.807, 2.05) is 0 Å². The summed E-state index contributed by atoms with van der Waals surface area (Å²) in [5.41, 5.74) is 2.06. The Balaban J connectivity index is 1.87. The normalized spacial score (nSPS) is 10.6. The van der Waals surface area contributed by atoms with Crippen molar-refractivity contribution in [2.24, 2.45) is 0 Å². The van der Waals surface area contributed by atoms with Crippen molar-refractivity contribution in [1.82, 2.24) is 19.9 Å². The Morgan fingerprint density at radius 1 is 1.32 bits per heavy atom. The smallest absolute Gasteiger partial charge is 0.325 e. The molecule has 0 saturated carbocycles. The van der Waals surface area contributed by atoms with Gasteiger partial charge in [0.25, 0.3) is 5.91 Å². The van der Waals surface area contributed by atoms with Crippen molar-refractivity contribution in [3.05, 3.63) is 46.1 Å². The van der Waals surface area contributed by atoms with Gasteiger partial charge in [0, 0.05) is 12.3 Å². The van der Waals surface area contributed by atoms with Crippen molar-refractivity contribution in [2.75, 3.05) is 12.4 Å². The fraction of sp³-hybridized carbons (Fsp3) is 0.143. The highest BCUT2D eigenvalue weighted by atomic mass is 16.5. The van der Waals surface area contributed by atoms with E-state index in [9.17, 15) is 9.59 Å². The van der Waals surface area contributed by atoms with Crippen LogP contribution in [0.15, 0.2) is 29.2 Å². The number of imidazole rings is 1. The Kier molecular flexibility index (Phi) is 3.34. The lowest BCUT2D eigenvalue weighted by Gasteiger charge is -2.08. The summed E-state index contributed by atoms with van der Waals surface area (Å²) in [6.07, 6.45) is 1.40. The summed E-state index contributed by atoms with van der Waals surface area (Å²) in [4.78, 5) is 36.8. The van der Waals surface area contributed by atoms with Crippen LogP contribution in [0.1, 0.15) is 16.1 Å². The zero-order valence-electron chi connectivity index (χ0n) is 11.9. The molecule has 0 aliphatic heterocycles. The van der Waals surface area contributed by atoms with Gasteiger partial charge in [-0.3, -0.25) is 9.78 Å². The maximum absolute atomic E-state index is 12.3. The lowest BCUT2D eigenvalue weighted by Crippen LogP contribution is -2.13. The van der Waals surface area contributed by atoms with Crippen LogP contribution in [0.2, 0.25) is 0 Å². The average Bonchev–Trinajstić information content (AvgIpc) is 2.88. The van der Waals surface area contributed by atoms with Gasteiger partial charge in [0.15, 0.2) is 5.65 Å². The lowest BCUT2D eigenvalue weighted by atomic mass is 10.2.